The van der Waals surface area contributed by atoms with Crippen molar-refractivity contribution in [2.75, 3.05) is 0 Å². The first-order chi connectivity index (χ1) is 8.62. The van der Waals surface area contributed by atoms with Crippen LogP contribution in [0.5, 0.6) is 0 Å². The molecule has 1 N–H and O–H groups in total. The smallest absolute Gasteiger partial charge is 0.258 e. The van der Waals surface area contributed by atoms with Crippen molar-refractivity contribution in [2.24, 2.45) is 0 Å². The molecule has 0 spiro atoms. The minimum absolute atomic E-state index is 0.282. The standard InChI is InChI=1S/C9H7NO2.2C3H8/c11-8-6-4-2-1-3-5-7(6)9(12)10-8;2*1-3-2/h1-2,4-5H,3H2,(H,10,11,12);2*3H2,1-2H3. The average Bonchev–Trinajstić information content (AvgIpc) is 2.52. The highest BCUT2D eigenvalue weighted by Crippen LogP contribution is 2.19. The van der Waals surface area contributed by atoms with Crippen molar-refractivity contribution in [3.63, 3.8) is 0 Å². The third kappa shape index (κ3) is 5.13. The SMILES string of the molecule is CCC.CCC.O=C1NC(=O)C2=CCC=CC=C12. The highest BCUT2D eigenvalue weighted by atomic mass is 16.2. The number of imide groups is 1. The van der Waals surface area contributed by atoms with E-state index in [1.807, 2.05) is 6.08 Å². The average molecular weight is 249 g/mol. The van der Waals surface area contributed by atoms with Gasteiger partial charge in [0.15, 0.2) is 0 Å². The maximum atomic E-state index is 11.1. The van der Waals surface area contributed by atoms with Crippen LogP contribution >= 0.6 is 0 Å². The molecular weight excluding hydrogens is 226 g/mol. The van der Waals surface area contributed by atoms with Gasteiger partial charge in [0, 0.05) is 5.57 Å². The Balaban J connectivity index is 0.000000414. The Labute approximate surface area is 110 Å². The number of hydrogen-bond donors (Lipinski definition) is 1. The van der Waals surface area contributed by atoms with Crippen LogP contribution in [-0.4, -0.2) is 11.8 Å². The number of amides is 2. The Bertz CT molecular complexity index is 374. The van der Waals surface area contributed by atoms with Gasteiger partial charge in [-0.05, 0) is 12.5 Å². The van der Waals surface area contributed by atoms with Crippen LogP contribution in [0, 0.1) is 0 Å². The van der Waals surface area contributed by atoms with Crippen molar-refractivity contribution in [1.82, 2.24) is 5.32 Å². The molecule has 1 fully saturated rings. The number of fused-ring (bicyclic) bond motifs is 1. The van der Waals surface area contributed by atoms with E-state index < -0.39 is 0 Å². The van der Waals surface area contributed by atoms with Crippen LogP contribution in [0.15, 0.2) is 35.5 Å². The molecule has 1 saturated heterocycles. The number of allylic oxidation sites excluding steroid dienone is 4. The van der Waals surface area contributed by atoms with E-state index in [4.69, 9.17) is 0 Å². The lowest BCUT2D eigenvalue weighted by atomic mass is 10.1. The summed E-state index contributed by atoms with van der Waals surface area (Å²) in [6.07, 6.45) is 10.3. The Hall–Kier alpha value is -1.64. The highest BCUT2D eigenvalue weighted by Gasteiger charge is 2.29. The second kappa shape index (κ2) is 9.40. The summed E-state index contributed by atoms with van der Waals surface area (Å²) in [5.41, 5.74) is 0.985. The van der Waals surface area contributed by atoms with Crippen LogP contribution in [-0.2, 0) is 9.59 Å². The maximum Gasteiger partial charge on any atom is 0.258 e. The van der Waals surface area contributed by atoms with Crippen LogP contribution in [0.1, 0.15) is 47.0 Å². The molecule has 2 amide bonds. The molecule has 2 rings (SSSR count). The lowest BCUT2D eigenvalue weighted by Gasteiger charge is -1.89. The summed E-state index contributed by atoms with van der Waals surface area (Å²) in [6, 6.07) is 0. The van der Waals surface area contributed by atoms with Gasteiger partial charge in [0.2, 0.25) is 0 Å². The van der Waals surface area contributed by atoms with Crippen LogP contribution in [0.3, 0.4) is 0 Å². The molecule has 1 heterocycles. The van der Waals surface area contributed by atoms with E-state index in [-0.39, 0.29) is 11.8 Å². The summed E-state index contributed by atoms with van der Waals surface area (Å²) in [5.74, 6) is -0.576. The fraction of sp³-hybridized carbons (Fsp3) is 0.467. The van der Waals surface area contributed by atoms with E-state index in [9.17, 15) is 9.59 Å². The molecule has 3 heteroatoms. The van der Waals surface area contributed by atoms with Crippen LogP contribution in [0.2, 0.25) is 0 Å². The van der Waals surface area contributed by atoms with Crippen molar-refractivity contribution < 1.29 is 9.59 Å². The zero-order valence-corrected chi connectivity index (χ0v) is 11.7. The maximum absolute atomic E-state index is 11.1. The second-order valence-corrected chi connectivity index (χ2v) is 4.06. The van der Waals surface area contributed by atoms with Gasteiger partial charge in [0.05, 0.1) is 5.57 Å². The predicted molar refractivity (Wildman–Crippen MR) is 75.0 cm³/mol. The normalized spacial score (nSPS) is 16.0. The molecule has 0 saturated carbocycles. The van der Waals surface area contributed by atoms with Crippen LogP contribution in [0.25, 0.3) is 0 Å². The van der Waals surface area contributed by atoms with Gasteiger partial charge in [0.1, 0.15) is 0 Å². The molecule has 1 aliphatic carbocycles. The number of carbonyl (C=O) groups is 2. The third-order valence-corrected chi connectivity index (χ3v) is 1.86. The predicted octanol–water partition coefficient (Wildman–Crippen LogP) is 3.29. The molecule has 0 aromatic heterocycles. The Morgan fingerprint density at radius 3 is 2.06 bits per heavy atom. The number of nitrogens with one attached hydrogen (secondary N) is 1. The van der Waals surface area contributed by atoms with E-state index in [0.717, 1.165) is 0 Å². The zero-order valence-electron chi connectivity index (χ0n) is 11.7. The van der Waals surface area contributed by atoms with E-state index in [2.05, 4.69) is 33.0 Å². The summed E-state index contributed by atoms with van der Waals surface area (Å²) in [5, 5.41) is 2.24. The Morgan fingerprint density at radius 2 is 1.50 bits per heavy atom. The summed E-state index contributed by atoms with van der Waals surface area (Å²) in [7, 11) is 0. The van der Waals surface area contributed by atoms with Crippen molar-refractivity contribution in [2.45, 2.75) is 47.0 Å². The third-order valence-electron chi connectivity index (χ3n) is 1.86. The van der Waals surface area contributed by atoms with Gasteiger partial charge in [-0.1, -0.05) is 58.8 Å². The summed E-state index contributed by atoms with van der Waals surface area (Å²) < 4.78 is 0. The fourth-order valence-electron chi connectivity index (χ4n) is 1.28. The zero-order chi connectivity index (χ0) is 14.0. The monoisotopic (exact) mass is 249 g/mol. The molecule has 0 radical (unpaired) electrons. The lowest BCUT2D eigenvalue weighted by Crippen LogP contribution is -2.19. The highest BCUT2D eigenvalue weighted by molar-refractivity contribution is 6.24. The number of hydrogen-bond acceptors (Lipinski definition) is 2. The minimum atomic E-state index is -0.294. The summed E-state index contributed by atoms with van der Waals surface area (Å²) in [6.45, 7) is 8.50. The van der Waals surface area contributed by atoms with Gasteiger partial charge < -0.3 is 0 Å². The van der Waals surface area contributed by atoms with Gasteiger partial charge in [-0.25, -0.2) is 0 Å². The quantitative estimate of drug-likeness (QED) is 0.670. The van der Waals surface area contributed by atoms with Gasteiger partial charge in [0.25, 0.3) is 11.8 Å². The van der Waals surface area contributed by atoms with Crippen molar-refractivity contribution in [3.05, 3.63) is 35.5 Å². The lowest BCUT2D eigenvalue weighted by molar-refractivity contribution is -0.123. The molecular formula is C15H23NO2. The van der Waals surface area contributed by atoms with Crippen molar-refractivity contribution >= 4 is 11.8 Å². The molecule has 2 aliphatic rings. The minimum Gasteiger partial charge on any atom is -0.288 e. The Morgan fingerprint density at radius 1 is 1.00 bits per heavy atom. The summed E-state index contributed by atoms with van der Waals surface area (Å²) >= 11 is 0. The number of rotatable bonds is 0. The van der Waals surface area contributed by atoms with E-state index in [1.54, 1.807) is 18.2 Å². The largest absolute Gasteiger partial charge is 0.288 e. The van der Waals surface area contributed by atoms with Gasteiger partial charge >= 0.3 is 0 Å². The first-order valence-electron chi connectivity index (χ1n) is 6.55. The molecule has 0 atom stereocenters. The van der Waals surface area contributed by atoms with E-state index in [0.29, 0.717) is 17.6 Å². The molecule has 100 valence electrons. The number of carbonyl (C=O) groups excluding carboxylic acids is 2. The van der Waals surface area contributed by atoms with E-state index >= 15 is 0 Å². The second-order valence-electron chi connectivity index (χ2n) is 4.06. The van der Waals surface area contributed by atoms with Gasteiger partial charge in [-0.15, -0.1) is 0 Å². The van der Waals surface area contributed by atoms with Crippen LogP contribution < -0.4 is 5.32 Å². The van der Waals surface area contributed by atoms with E-state index in [1.165, 1.54) is 12.8 Å². The first kappa shape index (κ1) is 16.4. The van der Waals surface area contributed by atoms with Crippen molar-refractivity contribution in [3.8, 4) is 0 Å². The van der Waals surface area contributed by atoms with Crippen molar-refractivity contribution in [1.29, 1.82) is 0 Å². The fourth-order valence-corrected chi connectivity index (χ4v) is 1.28. The van der Waals surface area contributed by atoms with Gasteiger partial charge in [-0.2, -0.15) is 0 Å². The molecule has 0 unspecified atom stereocenters. The Kier molecular flexibility index (Phi) is 8.54. The molecule has 18 heavy (non-hydrogen) atoms. The summed E-state index contributed by atoms with van der Waals surface area (Å²) in [4.78, 5) is 22.2. The van der Waals surface area contributed by atoms with Gasteiger partial charge in [-0.3, -0.25) is 14.9 Å². The molecule has 0 bridgehead atoms. The van der Waals surface area contributed by atoms with Crippen LogP contribution in [0.4, 0.5) is 0 Å². The molecule has 3 nitrogen and oxygen atoms in total. The molecule has 0 aromatic carbocycles. The molecule has 1 aliphatic heterocycles. The first-order valence-corrected chi connectivity index (χ1v) is 6.55. The molecule has 0 aromatic rings. The topological polar surface area (TPSA) is 46.2 Å².